The summed E-state index contributed by atoms with van der Waals surface area (Å²) in [4.78, 5) is 26.1. The fourth-order valence-corrected chi connectivity index (χ4v) is 2.73. The van der Waals surface area contributed by atoms with E-state index in [1.165, 1.54) is 0 Å². The second-order valence-corrected chi connectivity index (χ2v) is 6.11. The first kappa shape index (κ1) is 17.4. The standard InChI is InChI=1S/C17H26N4O2/c1-4-21(11-16(22)18-12(2)3)17(23)15-10-14(19-20-15)13-8-6-5-7-9-13/h5-9,12,14-15,19-20H,4,10-11H2,1-3H3,(H,18,22). The normalized spacial score (nSPS) is 20.5. The van der Waals surface area contributed by atoms with E-state index in [0.29, 0.717) is 13.0 Å². The SMILES string of the molecule is CCN(CC(=O)NC(C)C)C(=O)C1CC(c2ccccc2)NN1. The Bertz CT molecular complexity index is 533. The lowest BCUT2D eigenvalue weighted by atomic mass is 10.0. The number of rotatable bonds is 6. The van der Waals surface area contributed by atoms with E-state index in [1.807, 2.05) is 51.1 Å². The van der Waals surface area contributed by atoms with Crippen LogP contribution in [0.3, 0.4) is 0 Å². The minimum atomic E-state index is -0.313. The molecule has 0 saturated carbocycles. The first-order chi connectivity index (χ1) is 11.0. The number of hydrogen-bond donors (Lipinski definition) is 3. The minimum Gasteiger partial charge on any atom is -0.352 e. The van der Waals surface area contributed by atoms with Gasteiger partial charge < -0.3 is 10.2 Å². The number of benzene rings is 1. The maximum atomic E-state index is 12.6. The molecular weight excluding hydrogens is 292 g/mol. The van der Waals surface area contributed by atoms with Crippen LogP contribution in [0, 0.1) is 0 Å². The van der Waals surface area contributed by atoms with Crippen LogP contribution < -0.4 is 16.2 Å². The van der Waals surface area contributed by atoms with Gasteiger partial charge in [0.2, 0.25) is 11.8 Å². The highest BCUT2D eigenvalue weighted by Crippen LogP contribution is 2.22. The summed E-state index contributed by atoms with van der Waals surface area (Å²) in [6.45, 7) is 6.31. The van der Waals surface area contributed by atoms with E-state index in [4.69, 9.17) is 0 Å². The van der Waals surface area contributed by atoms with Crippen LogP contribution in [0.2, 0.25) is 0 Å². The molecule has 23 heavy (non-hydrogen) atoms. The lowest BCUT2D eigenvalue weighted by molar-refractivity contribution is -0.137. The highest BCUT2D eigenvalue weighted by Gasteiger charge is 2.33. The van der Waals surface area contributed by atoms with Crippen LogP contribution in [0.15, 0.2) is 30.3 Å². The Morgan fingerprint density at radius 3 is 2.57 bits per heavy atom. The molecule has 1 heterocycles. The number of carbonyl (C=O) groups is 2. The van der Waals surface area contributed by atoms with Gasteiger partial charge in [0.1, 0.15) is 6.04 Å². The van der Waals surface area contributed by atoms with Gasteiger partial charge in [0, 0.05) is 18.6 Å². The predicted molar refractivity (Wildman–Crippen MR) is 89.4 cm³/mol. The van der Waals surface area contributed by atoms with Gasteiger partial charge in [-0.15, -0.1) is 0 Å². The van der Waals surface area contributed by atoms with Crippen molar-refractivity contribution in [2.75, 3.05) is 13.1 Å². The molecule has 2 rings (SSSR count). The zero-order valence-electron chi connectivity index (χ0n) is 14.0. The molecule has 0 bridgehead atoms. The molecule has 0 spiro atoms. The van der Waals surface area contributed by atoms with Crippen molar-refractivity contribution < 1.29 is 9.59 Å². The Kier molecular flexibility index (Phi) is 6.12. The van der Waals surface area contributed by atoms with Crippen LogP contribution in [0.25, 0.3) is 0 Å². The second kappa shape index (κ2) is 8.08. The van der Waals surface area contributed by atoms with Crippen molar-refractivity contribution in [3.63, 3.8) is 0 Å². The molecule has 2 atom stereocenters. The van der Waals surface area contributed by atoms with E-state index in [0.717, 1.165) is 5.56 Å². The maximum absolute atomic E-state index is 12.6. The summed E-state index contributed by atoms with van der Waals surface area (Å²) in [5, 5.41) is 2.82. The zero-order valence-corrected chi connectivity index (χ0v) is 14.0. The summed E-state index contributed by atoms with van der Waals surface area (Å²) < 4.78 is 0. The zero-order chi connectivity index (χ0) is 16.8. The number of likely N-dealkylation sites (N-methyl/N-ethyl adjacent to an activating group) is 1. The van der Waals surface area contributed by atoms with Crippen molar-refractivity contribution in [1.82, 2.24) is 21.1 Å². The largest absolute Gasteiger partial charge is 0.352 e. The third-order valence-electron chi connectivity index (χ3n) is 3.88. The van der Waals surface area contributed by atoms with Gasteiger partial charge in [0.25, 0.3) is 0 Å². The van der Waals surface area contributed by atoms with Gasteiger partial charge in [-0.05, 0) is 32.8 Å². The minimum absolute atomic E-state index is 0.0441. The first-order valence-electron chi connectivity index (χ1n) is 8.15. The molecule has 0 radical (unpaired) electrons. The highest BCUT2D eigenvalue weighted by atomic mass is 16.2. The van der Waals surface area contributed by atoms with Crippen LogP contribution in [-0.2, 0) is 9.59 Å². The molecule has 2 amide bonds. The average Bonchev–Trinajstić information content (AvgIpc) is 3.02. The predicted octanol–water partition coefficient (Wildman–Crippen LogP) is 0.967. The quantitative estimate of drug-likeness (QED) is 0.731. The van der Waals surface area contributed by atoms with Crippen molar-refractivity contribution in [2.24, 2.45) is 0 Å². The summed E-state index contributed by atoms with van der Waals surface area (Å²) in [6, 6.07) is 9.90. The maximum Gasteiger partial charge on any atom is 0.241 e. The summed E-state index contributed by atoms with van der Waals surface area (Å²) in [5.41, 5.74) is 7.38. The Hall–Kier alpha value is -1.92. The summed E-state index contributed by atoms with van der Waals surface area (Å²) in [6.07, 6.45) is 0.672. The summed E-state index contributed by atoms with van der Waals surface area (Å²) in [7, 11) is 0. The number of amides is 2. The molecule has 1 saturated heterocycles. The van der Waals surface area contributed by atoms with E-state index in [-0.39, 0.29) is 36.5 Å². The van der Waals surface area contributed by atoms with Crippen molar-refractivity contribution >= 4 is 11.8 Å². The van der Waals surface area contributed by atoms with Crippen LogP contribution in [0.1, 0.15) is 38.8 Å². The van der Waals surface area contributed by atoms with E-state index in [9.17, 15) is 9.59 Å². The van der Waals surface area contributed by atoms with E-state index in [2.05, 4.69) is 16.2 Å². The van der Waals surface area contributed by atoms with Gasteiger partial charge in [0.05, 0.1) is 6.54 Å². The van der Waals surface area contributed by atoms with Crippen LogP contribution in [-0.4, -0.2) is 41.9 Å². The van der Waals surface area contributed by atoms with Gasteiger partial charge in [-0.3, -0.25) is 9.59 Å². The Balaban J connectivity index is 1.93. The van der Waals surface area contributed by atoms with Gasteiger partial charge in [-0.25, -0.2) is 10.9 Å². The van der Waals surface area contributed by atoms with Crippen LogP contribution >= 0.6 is 0 Å². The van der Waals surface area contributed by atoms with Crippen LogP contribution in [0.5, 0.6) is 0 Å². The lowest BCUT2D eigenvalue weighted by Crippen LogP contribution is -2.49. The lowest BCUT2D eigenvalue weighted by Gasteiger charge is -2.24. The molecular formula is C17H26N4O2. The summed E-state index contributed by atoms with van der Waals surface area (Å²) in [5.74, 6) is -0.168. The first-order valence-corrected chi connectivity index (χ1v) is 8.15. The van der Waals surface area contributed by atoms with Crippen molar-refractivity contribution in [3.05, 3.63) is 35.9 Å². The monoisotopic (exact) mass is 318 g/mol. The fraction of sp³-hybridized carbons (Fsp3) is 0.529. The number of nitrogens with zero attached hydrogens (tertiary/aromatic N) is 1. The third kappa shape index (κ3) is 4.77. The Morgan fingerprint density at radius 1 is 1.26 bits per heavy atom. The molecule has 0 aromatic heterocycles. The number of hydrogen-bond acceptors (Lipinski definition) is 4. The molecule has 1 fully saturated rings. The fourth-order valence-electron chi connectivity index (χ4n) is 2.73. The molecule has 1 aromatic carbocycles. The van der Waals surface area contributed by atoms with E-state index < -0.39 is 0 Å². The highest BCUT2D eigenvalue weighted by molar-refractivity contribution is 5.87. The van der Waals surface area contributed by atoms with Gasteiger partial charge >= 0.3 is 0 Å². The average molecular weight is 318 g/mol. The molecule has 2 unspecified atom stereocenters. The molecule has 126 valence electrons. The number of nitrogens with one attached hydrogen (secondary N) is 3. The van der Waals surface area contributed by atoms with Crippen LogP contribution in [0.4, 0.5) is 0 Å². The van der Waals surface area contributed by atoms with Gasteiger partial charge in [-0.2, -0.15) is 0 Å². The Labute approximate surface area is 137 Å². The van der Waals surface area contributed by atoms with Crippen molar-refractivity contribution in [1.29, 1.82) is 0 Å². The molecule has 0 aliphatic carbocycles. The molecule has 6 heteroatoms. The molecule has 6 nitrogen and oxygen atoms in total. The smallest absolute Gasteiger partial charge is 0.241 e. The molecule has 3 N–H and O–H groups in total. The molecule has 1 aromatic rings. The second-order valence-electron chi connectivity index (χ2n) is 6.11. The molecule has 1 aliphatic rings. The number of hydrazine groups is 1. The van der Waals surface area contributed by atoms with E-state index in [1.54, 1.807) is 4.90 Å². The third-order valence-corrected chi connectivity index (χ3v) is 3.88. The Morgan fingerprint density at radius 2 is 1.96 bits per heavy atom. The summed E-state index contributed by atoms with van der Waals surface area (Å²) >= 11 is 0. The van der Waals surface area contributed by atoms with Crippen molar-refractivity contribution in [2.45, 2.75) is 45.3 Å². The number of carbonyl (C=O) groups excluding carboxylic acids is 2. The van der Waals surface area contributed by atoms with Gasteiger partial charge in [-0.1, -0.05) is 30.3 Å². The molecule has 1 aliphatic heterocycles. The van der Waals surface area contributed by atoms with E-state index >= 15 is 0 Å². The topological polar surface area (TPSA) is 73.5 Å². The van der Waals surface area contributed by atoms with Gasteiger partial charge in [0.15, 0.2) is 0 Å². The van der Waals surface area contributed by atoms with Crippen molar-refractivity contribution in [3.8, 4) is 0 Å².